The van der Waals surface area contributed by atoms with E-state index in [0.29, 0.717) is 5.56 Å². The lowest BCUT2D eigenvalue weighted by Crippen LogP contribution is -2.05. The maximum atomic E-state index is 12.6. The Morgan fingerprint density at radius 3 is 2.34 bits per heavy atom. The number of nitriles is 1. The fraction of sp³-hybridized carbons (Fsp3) is 0.167. The first-order chi connectivity index (χ1) is 13.8. The van der Waals surface area contributed by atoms with Crippen LogP contribution in [0, 0.1) is 11.3 Å². The first kappa shape index (κ1) is 20.1. The smallest absolute Gasteiger partial charge is 0.416 e. The van der Waals surface area contributed by atoms with Gasteiger partial charge in [0.05, 0.1) is 5.56 Å². The summed E-state index contributed by atoms with van der Waals surface area (Å²) in [6.07, 6.45) is -4.45. The second-order valence-electron chi connectivity index (χ2n) is 5.69. The van der Waals surface area contributed by atoms with Crippen molar-refractivity contribution in [2.45, 2.75) is 19.4 Å². The predicted molar refractivity (Wildman–Crippen MR) is 88.9 cm³/mol. The zero-order chi connectivity index (χ0) is 21.0. The predicted octanol–water partition coefficient (Wildman–Crippen LogP) is 4.54. The fourth-order valence-electron chi connectivity index (χ4n) is 2.43. The molecule has 0 radical (unpaired) electrons. The molecule has 3 aromatic rings. The van der Waals surface area contributed by atoms with Gasteiger partial charge in [0, 0.05) is 11.6 Å². The summed E-state index contributed by atoms with van der Waals surface area (Å²) in [7, 11) is 0. The highest BCUT2D eigenvalue weighted by Crippen LogP contribution is 2.32. The van der Waals surface area contributed by atoms with Gasteiger partial charge in [-0.3, -0.25) is 0 Å². The van der Waals surface area contributed by atoms with Crippen molar-refractivity contribution >= 4 is 0 Å². The molecular weight excluding hydrogens is 399 g/mol. The zero-order valence-corrected chi connectivity index (χ0v) is 14.4. The van der Waals surface area contributed by atoms with Crippen molar-refractivity contribution in [1.82, 2.24) is 15.4 Å². The van der Waals surface area contributed by atoms with Crippen LogP contribution in [0.4, 0.5) is 22.0 Å². The van der Waals surface area contributed by atoms with Crippen molar-refractivity contribution in [2.24, 2.45) is 0 Å². The first-order valence-electron chi connectivity index (χ1n) is 7.96. The lowest BCUT2D eigenvalue weighted by molar-refractivity contribution is -0.137. The van der Waals surface area contributed by atoms with E-state index in [1.54, 1.807) is 6.07 Å². The summed E-state index contributed by atoms with van der Waals surface area (Å²) in [5.41, 5.74) is -0.0971. The topological polar surface area (TPSA) is 83.8 Å². The Bertz CT molecular complexity index is 1030. The number of H-pyrrole nitrogens is 1. The summed E-state index contributed by atoms with van der Waals surface area (Å²) < 4.78 is 73.0. The quantitative estimate of drug-likeness (QED) is 0.603. The molecule has 29 heavy (non-hydrogen) atoms. The minimum Gasteiger partial charge on any atom is -0.489 e. The largest absolute Gasteiger partial charge is 0.489 e. The number of ether oxygens (including phenoxy) is 2. The van der Waals surface area contributed by atoms with E-state index in [9.17, 15) is 22.0 Å². The lowest BCUT2D eigenvalue weighted by Gasteiger charge is -2.12. The van der Waals surface area contributed by atoms with Crippen LogP contribution < -0.4 is 9.47 Å². The third-order valence-corrected chi connectivity index (χ3v) is 3.72. The summed E-state index contributed by atoms with van der Waals surface area (Å²) in [6, 6.07) is 9.95. The van der Waals surface area contributed by atoms with E-state index < -0.39 is 18.4 Å². The van der Waals surface area contributed by atoms with Crippen molar-refractivity contribution in [2.75, 3.05) is 0 Å². The van der Waals surface area contributed by atoms with Gasteiger partial charge >= 0.3 is 12.8 Å². The average Bonchev–Trinajstić information content (AvgIpc) is 3.14. The molecule has 150 valence electrons. The molecule has 0 bridgehead atoms. The Kier molecular flexibility index (Phi) is 5.63. The van der Waals surface area contributed by atoms with E-state index in [2.05, 4.69) is 20.1 Å². The maximum Gasteiger partial charge on any atom is 0.416 e. The first-order valence-corrected chi connectivity index (χ1v) is 7.96. The van der Waals surface area contributed by atoms with Gasteiger partial charge in [-0.15, -0.1) is 5.10 Å². The van der Waals surface area contributed by atoms with Crippen LogP contribution >= 0.6 is 0 Å². The number of aromatic nitrogens is 3. The highest BCUT2D eigenvalue weighted by Gasteiger charge is 2.29. The van der Waals surface area contributed by atoms with Gasteiger partial charge in [-0.1, -0.05) is 12.1 Å². The monoisotopic (exact) mass is 410 g/mol. The molecule has 2 aromatic carbocycles. The minimum absolute atomic E-state index is 0.0621. The number of aromatic amines is 1. The number of benzene rings is 2. The van der Waals surface area contributed by atoms with Gasteiger partial charge in [-0.05, 0) is 29.8 Å². The van der Waals surface area contributed by atoms with Crippen molar-refractivity contribution in [3.05, 3.63) is 59.3 Å². The molecule has 11 heteroatoms. The molecule has 3 rings (SSSR count). The highest BCUT2D eigenvalue weighted by molar-refractivity contribution is 5.67. The second kappa shape index (κ2) is 8.14. The van der Waals surface area contributed by atoms with Gasteiger partial charge in [0.2, 0.25) is 0 Å². The molecule has 1 heterocycles. The van der Waals surface area contributed by atoms with Crippen molar-refractivity contribution in [1.29, 1.82) is 5.26 Å². The van der Waals surface area contributed by atoms with Gasteiger partial charge in [-0.2, -0.15) is 37.5 Å². The van der Waals surface area contributed by atoms with Crippen molar-refractivity contribution in [3.63, 3.8) is 0 Å². The van der Waals surface area contributed by atoms with Gasteiger partial charge < -0.3 is 9.47 Å². The number of halogens is 5. The number of alkyl halides is 5. The summed E-state index contributed by atoms with van der Waals surface area (Å²) >= 11 is 0. The van der Waals surface area contributed by atoms with Crippen LogP contribution in [0.2, 0.25) is 0 Å². The van der Waals surface area contributed by atoms with Gasteiger partial charge in [-0.25, -0.2) is 0 Å². The fourth-order valence-corrected chi connectivity index (χ4v) is 2.43. The van der Waals surface area contributed by atoms with Crippen LogP contribution in [0.15, 0.2) is 42.5 Å². The van der Waals surface area contributed by atoms with E-state index in [0.717, 1.165) is 12.1 Å². The third-order valence-electron chi connectivity index (χ3n) is 3.72. The highest BCUT2D eigenvalue weighted by atomic mass is 19.4. The summed E-state index contributed by atoms with van der Waals surface area (Å²) in [5.74, 6) is -0.156. The molecule has 6 nitrogen and oxygen atoms in total. The third kappa shape index (κ3) is 4.98. The molecule has 0 aliphatic carbocycles. The molecule has 1 N–H and O–H groups in total. The van der Waals surface area contributed by atoms with Crippen LogP contribution in [-0.2, 0) is 12.8 Å². The van der Waals surface area contributed by atoms with Gasteiger partial charge in [0.25, 0.3) is 0 Å². The van der Waals surface area contributed by atoms with Crippen LogP contribution in [0.3, 0.4) is 0 Å². The Morgan fingerprint density at radius 1 is 1.03 bits per heavy atom. The molecule has 0 saturated heterocycles. The molecule has 0 aliphatic rings. The van der Waals surface area contributed by atoms with Gasteiger partial charge in [0.1, 0.15) is 29.9 Å². The van der Waals surface area contributed by atoms with E-state index >= 15 is 0 Å². The molecule has 0 unspecified atom stereocenters. The number of nitrogens with zero attached hydrogens (tertiary/aromatic N) is 3. The Labute approximate surface area is 160 Å². The summed E-state index contributed by atoms with van der Waals surface area (Å²) in [6.45, 7) is -3.22. The van der Waals surface area contributed by atoms with E-state index in [-0.39, 0.29) is 35.1 Å². The lowest BCUT2D eigenvalue weighted by atomic mass is 10.1. The standard InChI is InChI=1S/C18H11F5N4O2/c19-17(20)29-14-6-11(16-15(8-24)25-27-26-16)5-13(7-14)28-9-10-1-3-12(4-2-10)18(21,22)23/h1-7,17H,9H2,(H,25,26,27). The van der Waals surface area contributed by atoms with Crippen LogP contribution in [0.25, 0.3) is 11.3 Å². The summed E-state index contributed by atoms with van der Waals surface area (Å²) in [5, 5.41) is 18.7. The average molecular weight is 410 g/mol. The zero-order valence-electron chi connectivity index (χ0n) is 14.4. The van der Waals surface area contributed by atoms with Crippen molar-refractivity contribution in [3.8, 4) is 28.8 Å². The molecular formula is C18H11F5N4O2. The SMILES string of the molecule is N#Cc1n[nH]nc1-c1cc(OCc2ccc(C(F)(F)F)cc2)cc(OC(F)F)c1. The molecule has 0 amide bonds. The van der Waals surface area contributed by atoms with Crippen LogP contribution in [0.1, 0.15) is 16.8 Å². The number of nitrogens with one attached hydrogen (secondary N) is 1. The van der Waals surface area contributed by atoms with Gasteiger partial charge in [0.15, 0.2) is 5.69 Å². The van der Waals surface area contributed by atoms with Crippen LogP contribution in [0.5, 0.6) is 11.5 Å². The summed E-state index contributed by atoms with van der Waals surface area (Å²) in [4.78, 5) is 0. The molecule has 0 aliphatic heterocycles. The van der Waals surface area contributed by atoms with E-state index in [1.807, 2.05) is 0 Å². The molecule has 0 fully saturated rings. The van der Waals surface area contributed by atoms with Crippen LogP contribution in [-0.4, -0.2) is 22.0 Å². The second-order valence-corrected chi connectivity index (χ2v) is 5.69. The normalized spacial score (nSPS) is 11.3. The number of rotatable bonds is 6. The number of hydrogen-bond donors (Lipinski definition) is 1. The Hall–Kier alpha value is -3.68. The Balaban J connectivity index is 1.84. The molecule has 0 saturated carbocycles. The van der Waals surface area contributed by atoms with E-state index in [4.69, 9.17) is 10.00 Å². The Morgan fingerprint density at radius 2 is 1.72 bits per heavy atom. The van der Waals surface area contributed by atoms with Crippen molar-refractivity contribution < 1.29 is 31.4 Å². The number of hydrogen-bond acceptors (Lipinski definition) is 5. The maximum absolute atomic E-state index is 12.6. The van der Waals surface area contributed by atoms with E-state index in [1.165, 1.54) is 30.3 Å². The minimum atomic E-state index is -4.45. The molecule has 0 spiro atoms. The molecule has 0 atom stereocenters. The molecule has 1 aromatic heterocycles.